The first-order valence-corrected chi connectivity index (χ1v) is 12.1. The van der Waals surface area contributed by atoms with Gasteiger partial charge in [-0.2, -0.15) is 18.3 Å². The fourth-order valence-electron chi connectivity index (χ4n) is 3.86. The Kier molecular flexibility index (Phi) is 7.54. The summed E-state index contributed by atoms with van der Waals surface area (Å²) in [5, 5.41) is 11.1. The molecule has 11 heteroatoms. The normalized spacial score (nSPS) is 11.6. The number of anilines is 2. The number of hydrogen-bond acceptors (Lipinski definition) is 7. The predicted molar refractivity (Wildman–Crippen MR) is 143 cm³/mol. The third-order valence-corrected chi connectivity index (χ3v) is 5.84. The molecule has 0 saturated carbocycles. The van der Waals surface area contributed by atoms with E-state index >= 15 is 0 Å². The summed E-state index contributed by atoms with van der Waals surface area (Å²) in [5.41, 5.74) is 3.30. The Balaban J connectivity index is 1.29. The van der Waals surface area contributed by atoms with E-state index in [0.717, 1.165) is 29.5 Å². The van der Waals surface area contributed by atoms with Crippen molar-refractivity contribution in [1.29, 1.82) is 0 Å². The Morgan fingerprint density at radius 1 is 0.800 bits per heavy atom. The molecule has 200 valence electrons. The van der Waals surface area contributed by atoms with E-state index in [0.29, 0.717) is 22.8 Å². The van der Waals surface area contributed by atoms with Crippen LogP contribution >= 0.6 is 0 Å². The third kappa shape index (κ3) is 6.32. The molecule has 40 heavy (non-hydrogen) atoms. The Morgan fingerprint density at radius 2 is 1.57 bits per heavy atom. The van der Waals surface area contributed by atoms with E-state index < -0.39 is 17.6 Å². The summed E-state index contributed by atoms with van der Waals surface area (Å²) >= 11 is 0. The predicted octanol–water partition coefficient (Wildman–Crippen LogP) is 8.09. The minimum absolute atomic E-state index is 0.000978. The van der Waals surface area contributed by atoms with Gasteiger partial charge in [0.15, 0.2) is 5.82 Å². The first-order valence-electron chi connectivity index (χ1n) is 12.1. The van der Waals surface area contributed by atoms with Gasteiger partial charge in [-0.1, -0.05) is 42.5 Å². The number of alkyl halides is 3. The molecule has 0 unspecified atom stereocenters. The van der Waals surface area contributed by atoms with Gasteiger partial charge in [-0.3, -0.25) is 4.98 Å². The second kappa shape index (κ2) is 11.4. The molecule has 7 nitrogen and oxygen atoms in total. The van der Waals surface area contributed by atoms with E-state index in [4.69, 9.17) is 0 Å². The number of nitrogens with zero attached hydrogens (tertiary/aromatic N) is 6. The Bertz CT molecular complexity index is 1670. The molecule has 0 spiro atoms. The Hall–Kier alpha value is -5.06. The monoisotopic (exact) mass is 543 g/mol. The van der Waals surface area contributed by atoms with E-state index in [1.54, 1.807) is 25.1 Å². The summed E-state index contributed by atoms with van der Waals surface area (Å²) in [5.74, 6) is -0.679. The van der Waals surface area contributed by atoms with Crippen LogP contribution in [0.1, 0.15) is 16.8 Å². The zero-order valence-electron chi connectivity index (χ0n) is 21.1. The van der Waals surface area contributed by atoms with Crippen LogP contribution in [0.25, 0.3) is 22.6 Å². The van der Waals surface area contributed by atoms with Gasteiger partial charge in [-0.05, 0) is 48.9 Å². The molecule has 0 radical (unpaired) electrons. The van der Waals surface area contributed by atoms with Gasteiger partial charge in [-0.25, -0.2) is 19.3 Å². The molecular weight excluding hydrogens is 522 g/mol. The molecule has 0 atom stereocenters. The minimum Gasteiger partial charge on any atom is -0.354 e. The molecule has 0 aliphatic heterocycles. The highest BCUT2D eigenvalue weighted by Crippen LogP contribution is 2.31. The van der Waals surface area contributed by atoms with Gasteiger partial charge in [0.1, 0.15) is 12.2 Å². The zero-order chi connectivity index (χ0) is 28.1. The summed E-state index contributed by atoms with van der Waals surface area (Å²) < 4.78 is 53.5. The number of benzene rings is 2. The second-order valence-electron chi connectivity index (χ2n) is 8.73. The highest BCUT2D eigenvalue weighted by Gasteiger charge is 2.30. The number of halogens is 4. The first-order chi connectivity index (χ1) is 19.3. The maximum absolute atomic E-state index is 14.6. The summed E-state index contributed by atoms with van der Waals surface area (Å²) in [7, 11) is 0. The smallest absolute Gasteiger partial charge is 0.354 e. The number of azo groups is 1. The van der Waals surface area contributed by atoms with E-state index in [2.05, 4.69) is 35.5 Å². The van der Waals surface area contributed by atoms with Gasteiger partial charge in [0.25, 0.3) is 5.95 Å². The Labute approximate surface area is 226 Å². The molecule has 3 heterocycles. The van der Waals surface area contributed by atoms with E-state index in [-0.39, 0.29) is 23.9 Å². The fraction of sp³-hybridized carbons (Fsp3) is 0.103. The van der Waals surface area contributed by atoms with Crippen molar-refractivity contribution in [3.8, 4) is 22.6 Å². The second-order valence-corrected chi connectivity index (χ2v) is 8.73. The van der Waals surface area contributed by atoms with E-state index in [1.807, 2.05) is 36.4 Å². The Morgan fingerprint density at radius 3 is 2.35 bits per heavy atom. The van der Waals surface area contributed by atoms with Crippen LogP contribution in [0.15, 0.2) is 101 Å². The number of aromatic nitrogens is 4. The van der Waals surface area contributed by atoms with Crippen LogP contribution in [0.3, 0.4) is 0 Å². The fourth-order valence-corrected chi connectivity index (χ4v) is 3.86. The van der Waals surface area contributed by atoms with Crippen molar-refractivity contribution in [2.45, 2.75) is 19.6 Å². The molecule has 0 aliphatic rings. The van der Waals surface area contributed by atoms with Gasteiger partial charge in [0.05, 0.1) is 40.7 Å². The molecular formula is C29H21F4N7. The molecule has 1 N–H and O–H groups in total. The molecule has 0 aliphatic carbocycles. The molecule has 2 aromatic carbocycles. The van der Waals surface area contributed by atoms with Gasteiger partial charge in [0, 0.05) is 11.3 Å². The molecule has 0 amide bonds. The minimum atomic E-state index is -4.43. The van der Waals surface area contributed by atoms with Crippen LogP contribution in [0, 0.1) is 12.7 Å². The van der Waals surface area contributed by atoms with Crippen LogP contribution in [0.4, 0.5) is 34.9 Å². The highest BCUT2D eigenvalue weighted by molar-refractivity contribution is 5.64. The zero-order valence-corrected chi connectivity index (χ0v) is 21.1. The van der Waals surface area contributed by atoms with Gasteiger partial charge in [0.2, 0.25) is 0 Å². The van der Waals surface area contributed by atoms with Crippen molar-refractivity contribution in [2.24, 2.45) is 10.2 Å². The molecule has 0 bridgehead atoms. The first kappa shape index (κ1) is 26.5. The summed E-state index contributed by atoms with van der Waals surface area (Å²) in [6.07, 6.45) is -1.92. The van der Waals surface area contributed by atoms with Crippen LogP contribution in [-0.4, -0.2) is 19.9 Å². The molecule has 0 fully saturated rings. The van der Waals surface area contributed by atoms with E-state index in [1.165, 1.54) is 18.3 Å². The average Bonchev–Trinajstić information content (AvgIpc) is 2.95. The van der Waals surface area contributed by atoms with Crippen LogP contribution in [0.2, 0.25) is 0 Å². The van der Waals surface area contributed by atoms with Crippen molar-refractivity contribution in [3.63, 3.8) is 0 Å². The molecule has 5 aromatic rings. The molecule has 3 aromatic heterocycles. The lowest BCUT2D eigenvalue weighted by Crippen LogP contribution is -2.05. The van der Waals surface area contributed by atoms with Crippen LogP contribution < -0.4 is 5.32 Å². The van der Waals surface area contributed by atoms with Crippen molar-refractivity contribution < 1.29 is 17.6 Å². The number of aryl methyl sites for hydroxylation is 1. The van der Waals surface area contributed by atoms with Crippen LogP contribution in [0.5, 0.6) is 0 Å². The van der Waals surface area contributed by atoms with Crippen molar-refractivity contribution in [1.82, 2.24) is 19.9 Å². The number of pyridine rings is 2. The van der Waals surface area contributed by atoms with Gasteiger partial charge < -0.3 is 5.32 Å². The lowest BCUT2D eigenvalue weighted by Gasteiger charge is -2.11. The summed E-state index contributed by atoms with van der Waals surface area (Å²) in [6, 6.07) is 21.4. The number of rotatable bonds is 7. The van der Waals surface area contributed by atoms with Gasteiger partial charge in [-0.15, -0.1) is 5.11 Å². The lowest BCUT2D eigenvalue weighted by molar-refractivity contribution is -0.137. The largest absolute Gasteiger partial charge is 0.416 e. The van der Waals surface area contributed by atoms with Crippen LogP contribution in [-0.2, 0) is 12.7 Å². The lowest BCUT2D eigenvalue weighted by atomic mass is 10.1. The number of hydrogen-bond donors (Lipinski definition) is 1. The SMILES string of the molecule is Cc1cc(Nc2cccc(C(F)(F)F)c2)cnc1CN=Nc1ncc(F)c(-c2cccc(-c3ccccc3)n2)n1. The van der Waals surface area contributed by atoms with Crippen molar-refractivity contribution in [3.05, 3.63) is 114 Å². The maximum atomic E-state index is 14.6. The number of nitrogens with one attached hydrogen (secondary N) is 1. The van der Waals surface area contributed by atoms with E-state index in [9.17, 15) is 17.6 Å². The quantitative estimate of drug-likeness (QED) is 0.166. The summed E-state index contributed by atoms with van der Waals surface area (Å²) in [4.78, 5) is 17.0. The topological polar surface area (TPSA) is 88.3 Å². The maximum Gasteiger partial charge on any atom is 0.416 e. The standard InChI is InChI=1S/C29H21F4N7/c1-18-13-22(37-21-10-5-9-20(14-21)29(31,32)33)15-34-26(18)17-36-40-28-35-16-23(30)27(39-28)25-12-6-11-24(38-25)19-7-3-2-4-8-19/h2-16,37H,17H2,1H3. The van der Waals surface area contributed by atoms with Crippen molar-refractivity contribution >= 4 is 17.3 Å². The molecule has 5 rings (SSSR count). The summed E-state index contributed by atoms with van der Waals surface area (Å²) in [6.45, 7) is 1.89. The highest BCUT2D eigenvalue weighted by atomic mass is 19.4. The molecule has 0 saturated heterocycles. The van der Waals surface area contributed by atoms with Crippen molar-refractivity contribution in [2.75, 3.05) is 5.32 Å². The average molecular weight is 544 g/mol. The third-order valence-electron chi connectivity index (χ3n) is 5.84. The van der Waals surface area contributed by atoms with Gasteiger partial charge >= 0.3 is 6.18 Å².